The Labute approximate surface area is 194 Å². The van der Waals surface area contributed by atoms with Crippen LogP contribution in [0.3, 0.4) is 0 Å². The number of nitrogens with zero attached hydrogens (tertiary/aromatic N) is 5. The standard InChI is InChI=1S/C26H30FN5O/c1-18-7-5-6-8-19(18)15-31(4)17-24-28-23(14-25(29-24)30(2)3)20-13-26(33)32(16-20)22-11-9-21(27)10-12-22/h5-12,14,20H,13,15-17H2,1-4H3/t20-/m0/s1. The number of aryl methyl sites for hydroxylation is 1. The van der Waals surface area contributed by atoms with Gasteiger partial charge in [0, 0.05) is 51.3 Å². The summed E-state index contributed by atoms with van der Waals surface area (Å²) in [5.41, 5.74) is 4.12. The smallest absolute Gasteiger partial charge is 0.227 e. The fraction of sp³-hybridized carbons (Fsp3) is 0.346. The first-order valence-corrected chi connectivity index (χ1v) is 11.1. The first kappa shape index (κ1) is 22.9. The topological polar surface area (TPSA) is 52.6 Å². The molecule has 0 aliphatic carbocycles. The maximum absolute atomic E-state index is 13.3. The quantitative estimate of drug-likeness (QED) is 0.545. The number of benzene rings is 2. The Hall–Kier alpha value is -3.32. The minimum absolute atomic E-state index is 0.0230. The summed E-state index contributed by atoms with van der Waals surface area (Å²) in [6, 6.07) is 16.4. The summed E-state index contributed by atoms with van der Waals surface area (Å²) in [4.78, 5) is 28.2. The van der Waals surface area contributed by atoms with Crippen molar-refractivity contribution >= 4 is 17.4 Å². The molecule has 1 aromatic heterocycles. The van der Waals surface area contributed by atoms with Gasteiger partial charge in [0.15, 0.2) is 0 Å². The van der Waals surface area contributed by atoms with Gasteiger partial charge in [-0.05, 0) is 49.4 Å². The van der Waals surface area contributed by atoms with Gasteiger partial charge in [0.25, 0.3) is 0 Å². The van der Waals surface area contributed by atoms with Crippen molar-refractivity contribution in [1.82, 2.24) is 14.9 Å². The van der Waals surface area contributed by atoms with E-state index in [0.29, 0.717) is 25.2 Å². The van der Waals surface area contributed by atoms with Gasteiger partial charge in [-0.3, -0.25) is 9.69 Å². The fourth-order valence-corrected chi connectivity index (χ4v) is 4.16. The van der Waals surface area contributed by atoms with Gasteiger partial charge in [-0.15, -0.1) is 0 Å². The minimum Gasteiger partial charge on any atom is -0.363 e. The van der Waals surface area contributed by atoms with Crippen molar-refractivity contribution in [2.45, 2.75) is 32.4 Å². The summed E-state index contributed by atoms with van der Waals surface area (Å²) in [6.45, 7) is 4.05. The molecule has 7 heteroatoms. The number of carbonyl (C=O) groups excluding carboxylic acids is 1. The molecule has 6 nitrogen and oxygen atoms in total. The molecule has 172 valence electrons. The van der Waals surface area contributed by atoms with E-state index < -0.39 is 0 Å². The molecule has 0 N–H and O–H groups in total. The maximum Gasteiger partial charge on any atom is 0.227 e. The largest absolute Gasteiger partial charge is 0.363 e. The van der Waals surface area contributed by atoms with Crippen LogP contribution in [0, 0.1) is 12.7 Å². The van der Waals surface area contributed by atoms with Crippen molar-refractivity contribution in [3.05, 3.63) is 83.1 Å². The third-order valence-electron chi connectivity index (χ3n) is 6.03. The van der Waals surface area contributed by atoms with Gasteiger partial charge in [-0.2, -0.15) is 0 Å². The summed E-state index contributed by atoms with van der Waals surface area (Å²) in [6.07, 6.45) is 0.375. The molecule has 1 saturated heterocycles. The van der Waals surface area contributed by atoms with Crippen molar-refractivity contribution < 1.29 is 9.18 Å². The summed E-state index contributed by atoms with van der Waals surface area (Å²) in [5, 5.41) is 0. The average molecular weight is 448 g/mol. The summed E-state index contributed by atoms with van der Waals surface area (Å²) in [7, 11) is 5.97. The highest BCUT2D eigenvalue weighted by molar-refractivity contribution is 5.96. The summed E-state index contributed by atoms with van der Waals surface area (Å²) >= 11 is 0. The van der Waals surface area contributed by atoms with Crippen LogP contribution in [0.25, 0.3) is 0 Å². The van der Waals surface area contributed by atoms with Gasteiger partial charge in [0.2, 0.25) is 5.91 Å². The maximum atomic E-state index is 13.3. The van der Waals surface area contributed by atoms with Crippen LogP contribution in [0.5, 0.6) is 0 Å². The summed E-state index contributed by atoms with van der Waals surface area (Å²) in [5.74, 6) is 1.24. The highest BCUT2D eigenvalue weighted by Crippen LogP contribution is 2.32. The van der Waals surface area contributed by atoms with E-state index in [-0.39, 0.29) is 17.6 Å². The molecule has 0 bridgehead atoms. The molecule has 1 fully saturated rings. The molecule has 33 heavy (non-hydrogen) atoms. The van der Waals surface area contributed by atoms with E-state index >= 15 is 0 Å². The van der Waals surface area contributed by atoms with Crippen LogP contribution in [0.2, 0.25) is 0 Å². The number of anilines is 2. The van der Waals surface area contributed by atoms with Crippen LogP contribution in [0.4, 0.5) is 15.9 Å². The first-order valence-electron chi connectivity index (χ1n) is 11.1. The number of amides is 1. The molecule has 2 aromatic carbocycles. The zero-order valence-electron chi connectivity index (χ0n) is 19.6. The van der Waals surface area contributed by atoms with Crippen LogP contribution in [0.1, 0.15) is 35.0 Å². The number of halogens is 1. The lowest BCUT2D eigenvalue weighted by Crippen LogP contribution is -2.24. The average Bonchev–Trinajstić information content (AvgIpc) is 3.17. The van der Waals surface area contributed by atoms with Crippen LogP contribution in [0.15, 0.2) is 54.6 Å². The molecule has 3 aromatic rings. The van der Waals surface area contributed by atoms with Crippen molar-refractivity contribution in [3.8, 4) is 0 Å². The monoisotopic (exact) mass is 447 g/mol. The molecular weight excluding hydrogens is 417 g/mol. The SMILES string of the molecule is Cc1ccccc1CN(C)Cc1nc([C@H]2CC(=O)N(c3ccc(F)cc3)C2)cc(N(C)C)n1. The van der Waals surface area contributed by atoms with Crippen LogP contribution < -0.4 is 9.80 Å². The number of carbonyl (C=O) groups is 1. The van der Waals surface area contributed by atoms with Gasteiger partial charge < -0.3 is 9.80 Å². The second-order valence-electron chi connectivity index (χ2n) is 8.94. The Morgan fingerprint density at radius 1 is 1.03 bits per heavy atom. The molecule has 1 aliphatic rings. The van der Waals surface area contributed by atoms with Crippen LogP contribution in [-0.2, 0) is 17.9 Å². The number of rotatable bonds is 7. The molecule has 4 rings (SSSR count). The Kier molecular flexibility index (Phi) is 6.70. The Morgan fingerprint density at radius 2 is 1.76 bits per heavy atom. The van der Waals surface area contributed by atoms with Gasteiger partial charge in [0.05, 0.1) is 12.2 Å². The number of aromatic nitrogens is 2. The van der Waals surface area contributed by atoms with Crippen LogP contribution >= 0.6 is 0 Å². The molecule has 0 radical (unpaired) electrons. The predicted octanol–water partition coefficient (Wildman–Crippen LogP) is 4.14. The molecule has 2 heterocycles. The Morgan fingerprint density at radius 3 is 2.45 bits per heavy atom. The second kappa shape index (κ2) is 9.67. The van der Waals surface area contributed by atoms with E-state index in [2.05, 4.69) is 37.1 Å². The Balaban J connectivity index is 1.54. The molecule has 1 aliphatic heterocycles. The molecule has 1 atom stereocenters. The molecule has 0 saturated carbocycles. The highest BCUT2D eigenvalue weighted by Gasteiger charge is 2.33. The van der Waals surface area contributed by atoms with Crippen LogP contribution in [-0.4, -0.2) is 48.5 Å². The van der Waals surface area contributed by atoms with Gasteiger partial charge in [0.1, 0.15) is 17.5 Å². The molecule has 0 spiro atoms. The van der Waals surface area contributed by atoms with Gasteiger partial charge in [-0.25, -0.2) is 14.4 Å². The van der Waals surface area contributed by atoms with E-state index in [1.54, 1.807) is 17.0 Å². The molecule has 0 unspecified atom stereocenters. The fourth-order valence-electron chi connectivity index (χ4n) is 4.16. The highest BCUT2D eigenvalue weighted by atomic mass is 19.1. The predicted molar refractivity (Wildman–Crippen MR) is 129 cm³/mol. The van der Waals surface area contributed by atoms with Crippen molar-refractivity contribution in [1.29, 1.82) is 0 Å². The van der Waals surface area contributed by atoms with E-state index in [4.69, 9.17) is 9.97 Å². The van der Waals surface area contributed by atoms with E-state index in [9.17, 15) is 9.18 Å². The number of hydrogen-bond acceptors (Lipinski definition) is 5. The lowest BCUT2D eigenvalue weighted by atomic mass is 10.0. The minimum atomic E-state index is -0.312. The van der Waals surface area contributed by atoms with Crippen molar-refractivity contribution in [2.24, 2.45) is 0 Å². The van der Waals surface area contributed by atoms with E-state index in [0.717, 1.165) is 23.9 Å². The zero-order chi connectivity index (χ0) is 23.5. The van der Waals surface area contributed by atoms with Gasteiger partial charge >= 0.3 is 0 Å². The lowest BCUT2D eigenvalue weighted by molar-refractivity contribution is -0.117. The van der Waals surface area contributed by atoms with Gasteiger partial charge in [-0.1, -0.05) is 24.3 Å². The first-order chi connectivity index (χ1) is 15.8. The van der Waals surface area contributed by atoms with E-state index in [1.165, 1.54) is 23.3 Å². The van der Waals surface area contributed by atoms with E-state index in [1.807, 2.05) is 31.1 Å². The van der Waals surface area contributed by atoms with Crippen molar-refractivity contribution in [2.75, 3.05) is 37.5 Å². The van der Waals surface area contributed by atoms with Crippen molar-refractivity contribution in [3.63, 3.8) is 0 Å². The Bertz CT molecular complexity index is 1130. The second-order valence-corrected chi connectivity index (χ2v) is 8.94. The third kappa shape index (κ3) is 5.37. The molecule has 1 amide bonds. The normalized spacial score (nSPS) is 16.0. The third-order valence-corrected chi connectivity index (χ3v) is 6.03. The lowest BCUT2D eigenvalue weighted by Gasteiger charge is -2.21. The summed E-state index contributed by atoms with van der Waals surface area (Å²) < 4.78 is 13.3. The molecular formula is C26H30FN5O. The number of hydrogen-bond donors (Lipinski definition) is 0. The zero-order valence-corrected chi connectivity index (χ0v) is 19.6.